The van der Waals surface area contributed by atoms with Crippen LogP contribution in [0, 0.1) is 5.92 Å². The number of nitrogens with two attached hydrogens (primary N) is 1. The average Bonchev–Trinajstić information content (AvgIpc) is 2.53. The highest BCUT2D eigenvalue weighted by molar-refractivity contribution is 7.09. The first-order valence-corrected chi connectivity index (χ1v) is 5.37. The Balaban J connectivity index is 2.02. The Kier molecular flexibility index (Phi) is 2.35. The van der Waals surface area contributed by atoms with Crippen molar-refractivity contribution in [3.63, 3.8) is 0 Å². The molecule has 0 aliphatic carbocycles. The second-order valence-electron chi connectivity index (χ2n) is 3.60. The molecule has 0 atom stereocenters. The van der Waals surface area contributed by atoms with Crippen LogP contribution in [0.4, 0.5) is 11.1 Å². The Morgan fingerprint density at radius 1 is 1.46 bits per heavy atom. The van der Waals surface area contributed by atoms with Crippen molar-refractivity contribution in [2.24, 2.45) is 5.92 Å². The zero-order chi connectivity index (χ0) is 9.26. The lowest BCUT2D eigenvalue weighted by Gasteiger charge is -2.29. The fourth-order valence-electron chi connectivity index (χ4n) is 1.56. The van der Waals surface area contributed by atoms with Crippen molar-refractivity contribution in [1.29, 1.82) is 0 Å². The second kappa shape index (κ2) is 3.49. The Morgan fingerprint density at radius 3 is 2.69 bits per heavy atom. The lowest BCUT2D eigenvalue weighted by molar-refractivity contribution is 0.435. The third-order valence-electron chi connectivity index (χ3n) is 2.50. The van der Waals surface area contributed by atoms with Crippen LogP contribution in [0.5, 0.6) is 0 Å². The number of aromatic nitrogens is 2. The highest BCUT2D eigenvalue weighted by Crippen LogP contribution is 2.22. The van der Waals surface area contributed by atoms with E-state index in [1.165, 1.54) is 24.4 Å². The molecule has 1 fully saturated rings. The molecule has 1 aliphatic rings. The zero-order valence-corrected chi connectivity index (χ0v) is 8.55. The second-order valence-corrected chi connectivity index (χ2v) is 4.39. The molecule has 4 nitrogen and oxygen atoms in total. The van der Waals surface area contributed by atoms with Crippen LogP contribution >= 0.6 is 11.5 Å². The molecule has 0 amide bonds. The molecular weight excluding hydrogens is 184 g/mol. The summed E-state index contributed by atoms with van der Waals surface area (Å²) in [5, 5.41) is 0.564. The molecule has 0 aromatic carbocycles. The predicted molar refractivity (Wildman–Crippen MR) is 54.9 cm³/mol. The van der Waals surface area contributed by atoms with E-state index in [0.717, 1.165) is 25.0 Å². The molecule has 0 spiro atoms. The van der Waals surface area contributed by atoms with Gasteiger partial charge in [0.25, 0.3) is 0 Å². The molecule has 1 aliphatic heterocycles. The first-order chi connectivity index (χ1) is 6.25. The summed E-state index contributed by atoms with van der Waals surface area (Å²) in [6.07, 6.45) is 2.47. The maximum absolute atomic E-state index is 5.53. The van der Waals surface area contributed by atoms with E-state index in [2.05, 4.69) is 21.2 Å². The van der Waals surface area contributed by atoms with Gasteiger partial charge in [0, 0.05) is 24.6 Å². The number of anilines is 2. The summed E-state index contributed by atoms with van der Waals surface area (Å²) in [6.45, 7) is 4.43. The van der Waals surface area contributed by atoms with Crippen molar-refractivity contribution in [2.45, 2.75) is 19.8 Å². The predicted octanol–water partition coefficient (Wildman–Crippen LogP) is 1.36. The summed E-state index contributed by atoms with van der Waals surface area (Å²) < 4.78 is 4.20. The highest BCUT2D eigenvalue weighted by atomic mass is 32.1. The van der Waals surface area contributed by atoms with Crippen molar-refractivity contribution in [2.75, 3.05) is 23.7 Å². The normalized spacial score (nSPS) is 19.3. The van der Waals surface area contributed by atoms with Crippen LogP contribution in [0.3, 0.4) is 0 Å². The van der Waals surface area contributed by atoms with Crippen molar-refractivity contribution in [3.05, 3.63) is 0 Å². The maximum Gasteiger partial charge on any atom is 0.239 e. The number of rotatable bonds is 1. The van der Waals surface area contributed by atoms with E-state index in [0.29, 0.717) is 5.13 Å². The van der Waals surface area contributed by atoms with Crippen LogP contribution in [-0.2, 0) is 0 Å². The minimum absolute atomic E-state index is 0.564. The summed E-state index contributed by atoms with van der Waals surface area (Å²) in [4.78, 5) is 6.39. The van der Waals surface area contributed by atoms with Gasteiger partial charge in [-0.25, -0.2) is 0 Å². The van der Waals surface area contributed by atoms with E-state index in [9.17, 15) is 0 Å². The zero-order valence-electron chi connectivity index (χ0n) is 7.73. The van der Waals surface area contributed by atoms with Gasteiger partial charge in [0.15, 0.2) is 0 Å². The molecule has 13 heavy (non-hydrogen) atoms. The van der Waals surface area contributed by atoms with E-state index >= 15 is 0 Å². The first kappa shape index (κ1) is 8.74. The molecule has 1 aromatic rings. The minimum Gasteiger partial charge on any atom is -0.374 e. The third kappa shape index (κ3) is 1.91. The van der Waals surface area contributed by atoms with Gasteiger partial charge in [-0.15, -0.1) is 0 Å². The van der Waals surface area contributed by atoms with Crippen LogP contribution < -0.4 is 10.6 Å². The monoisotopic (exact) mass is 198 g/mol. The van der Waals surface area contributed by atoms with Gasteiger partial charge in [-0.1, -0.05) is 6.92 Å². The number of hydrogen-bond donors (Lipinski definition) is 1. The number of nitrogens with zero attached hydrogens (tertiary/aromatic N) is 3. The topological polar surface area (TPSA) is 55.0 Å². The van der Waals surface area contributed by atoms with Gasteiger partial charge in [0.05, 0.1) is 0 Å². The molecule has 1 aromatic heterocycles. The number of nitrogen functional groups attached to an aromatic ring is 1. The smallest absolute Gasteiger partial charge is 0.239 e. The van der Waals surface area contributed by atoms with Crippen LogP contribution in [0.15, 0.2) is 0 Å². The molecular formula is C8H14N4S. The molecule has 1 saturated heterocycles. The fourth-order valence-corrected chi connectivity index (χ4v) is 2.02. The number of piperidine rings is 1. The van der Waals surface area contributed by atoms with E-state index in [-0.39, 0.29) is 0 Å². The molecule has 0 radical (unpaired) electrons. The molecule has 2 heterocycles. The van der Waals surface area contributed by atoms with Crippen molar-refractivity contribution in [1.82, 2.24) is 9.36 Å². The van der Waals surface area contributed by atoms with Gasteiger partial charge in [-0.05, 0) is 18.8 Å². The summed E-state index contributed by atoms with van der Waals surface area (Å²) >= 11 is 1.27. The van der Waals surface area contributed by atoms with E-state index in [4.69, 9.17) is 5.73 Å². The SMILES string of the molecule is CC1CCN(c2nsc(N)n2)CC1. The Bertz CT molecular complexity index is 277. The van der Waals surface area contributed by atoms with Crippen molar-refractivity contribution >= 4 is 22.6 Å². The fraction of sp³-hybridized carbons (Fsp3) is 0.750. The van der Waals surface area contributed by atoms with Crippen LogP contribution in [0.1, 0.15) is 19.8 Å². The highest BCUT2D eigenvalue weighted by Gasteiger charge is 2.18. The van der Waals surface area contributed by atoms with Gasteiger partial charge in [0.2, 0.25) is 11.1 Å². The molecule has 0 unspecified atom stereocenters. The van der Waals surface area contributed by atoms with E-state index < -0.39 is 0 Å². The summed E-state index contributed by atoms with van der Waals surface area (Å²) in [6, 6.07) is 0. The van der Waals surface area contributed by atoms with Crippen molar-refractivity contribution < 1.29 is 0 Å². The van der Waals surface area contributed by atoms with Gasteiger partial charge in [-0.2, -0.15) is 9.36 Å². The quantitative estimate of drug-likeness (QED) is 0.740. The van der Waals surface area contributed by atoms with E-state index in [1.54, 1.807) is 0 Å². The van der Waals surface area contributed by atoms with Gasteiger partial charge < -0.3 is 10.6 Å². The summed E-state index contributed by atoms with van der Waals surface area (Å²) in [5.74, 6) is 1.65. The Morgan fingerprint density at radius 2 is 2.15 bits per heavy atom. The molecule has 0 bridgehead atoms. The molecule has 5 heteroatoms. The Labute approximate surface area is 81.9 Å². The largest absolute Gasteiger partial charge is 0.374 e. The lowest BCUT2D eigenvalue weighted by Crippen LogP contribution is -2.33. The molecule has 2 rings (SSSR count). The van der Waals surface area contributed by atoms with Gasteiger partial charge >= 0.3 is 0 Å². The Hall–Kier alpha value is -0.840. The van der Waals surface area contributed by atoms with Crippen molar-refractivity contribution in [3.8, 4) is 0 Å². The van der Waals surface area contributed by atoms with Crippen LogP contribution in [0.2, 0.25) is 0 Å². The van der Waals surface area contributed by atoms with Gasteiger partial charge in [-0.3, -0.25) is 0 Å². The lowest BCUT2D eigenvalue weighted by atomic mass is 10.00. The van der Waals surface area contributed by atoms with Gasteiger partial charge in [0.1, 0.15) is 0 Å². The minimum atomic E-state index is 0.564. The van der Waals surface area contributed by atoms with E-state index in [1.807, 2.05) is 0 Å². The van der Waals surface area contributed by atoms with Crippen LogP contribution in [0.25, 0.3) is 0 Å². The summed E-state index contributed by atoms with van der Waals surface area (Å²) in [5.41, 5.74) is 5.53. The third-order valence-corrected chi connectivity index (χ3v) is 3.03. The maximum atomic E-state index is 5.53. The standard InChI is InChI=1S/C8H14N4S/c1-6-2-4-12(5-3-6)8-10-7(9)13-11-8/h6H,2-5H2,1H3,(H2,9,10,11). The molecule has 2 N–H and O–H groups in total. The summed E-state index contributed by atoms with van der Waals surface area (Å²) in [7, 11) is 0. The molecule has 72 valence electrons. The van der Waals surface area contributed by atoms with Crippen LogP contribution in [-0.4, -0.2) is 22.4 Å². The average molecular weight is 198 g/mol. The first-order valence-electron chi connectivity index (χ1n) is 4.60. The number of hydrogen-bond acceptors (Lipinski definition) is 5. The molecule has 0 saturated carbocycles.